The highest BCUT2D eigenvalue weighted by molar-refractivity contribution is 7.96. The number of nitrogens with two attached hydrogens (primary N) is 1. The van der Waals surface area contributed by atoms with E-state index < -0.39 is 21.8 Å². The highest BCUT2D eigenvalue weighted by Crippen LogP contribution is 2.52. The van der Waals surface area contributed by atoms with E-state index in [1.54, 1.807) is 42.5 Å². The van der Waals surface area contributed by atoms with E-state index in [0.717, 1.165) is 0 Å². The van der Waals surface area contributed by atoms with Crippen LogP contribution in [-0.2, 0) is 21.3 Å². The Labute approximate surface area is 213 Å². The van der Waals surface area contributed by atoms with Crippen molar-refractivity contribution in [2.45, 2.75) is 12.5 Å². The lowest BCUT2D eigenvalue weighted by Crippen LogP contribution is -2.39. The van der Waals surface area contributed by atoms with Gasteiger partial charge in [-0.1, -0.05) is 30.3 Å². The summed E-state index contributed by atoms with van der Waals surface area (Å²) in [5, 5.41) is 10.0. The van der Waals surface area contributed by atoms with Gasteiger partial charge in [-0.2, -0.15) is 5.26 Å². The van der Waals surface area contributed by atoms with Gasteiger partial charge in [0.05, 0.1) is 32.4 Å². The quantitative estimate of drug-likeness (QED) is 0.532. The molecule has 0 fully saturated rings. The topological polar surface area (TPSA) is 115 Å². The maximum absolute atomic E-state index is 14.3. The molecule has 2 heterocycles. The molecule has 0 aromatic heterocycles. The number of hydrogen-bond acceptors (Lipinski definition) is 7. The average molecular weight is 520 g/mol. The van der Waals surface area contributed by atoms with Crippen molar-refractivity contribution in [3.63, 3.8) is 0 Å². The number of hydrogen-bond donors (Lipinski definition) is 1. The molecule has 5 rings (SSSR count). The third-order valence-electron chi connectivity index (χ3n) is 6.34. The van der Waals surface area contributed by atoms with Gasteiger partial charge in [-0.25, -0.2) is 12.8 Å². The summed E-state index contributed by atoms with van der Waals surface area (Å²) in [4.78, 5) is -0.119. The fraction of sp³-hybridized carbons (Fsp3) is 0.148. The second-order valence-corrected chi connectivity index (χ2v) is 10.2. The van der Waals surface area contributed by atoms with Gasteiger partial charge in [-0.05, 0) is 47.5 Å². The lowest BCUT2D eigenvalue weighted by molar-refractivity contribution is 0.352. The number of benzene rings is 3. The summed E-state index contributed by atoms with van der Waals surface area (Å²) in [7, 11) is -1.31. The Morgan fingerprint density at radius 2 is 1.76 bits per heavy atom. The van der Waals surface area contributed by atoms with Gasteiger partial charge in [-0.3, -0.25) is 4.31 Å². The Hall–Kier alpha value is -4.49. The second kappa shape index (κ2) is 9.19. The fourth-order valence-electron chi connectivity index (χ4n) is 4.60. The minimum Gasteiger partial charge on any atom is -0.493 e. The molecule has 188 valence electrons. The van der Waals surface area contributed by atoms with Crippen LogP contribution in [0, 0.1) is 17.1 Å². The Morgan fingerprint density at radius 3 is 2.43 bits per heavy atom. The van der Waals surface area contributed by atoms with Gasteiger partial charge in [0, 0.05) is 5.56 Å². The molecule has 0 amide bonds. The molecule has 37 heavy (non-hydrogen) atoms. The summed E-state index contributed by atoms with van der Waals surface area (Å²) in [6.45, 7) is -0.0594. The molecule has 3 aromatic carbocycles. The van der Waals surface area contributed by atoms with E-state index in [4.69, 9.17) is 19.9 Å². The van der Waals surface area contributed by atoms with Gasteiger partial charge in [0.2, 0.25) is 5.88 Å². The number of allylic oxidation sites excluding steroid dienone is 2. The molecule has 2 aliphatic heterocycles. The lowest BCUT2D eigenvalue weighted by Gasteiger charge is -2.38. The minimum absolute atomic E-state index is 0.0457. The number of nitriles is 1. The Kier molecular flexibility index (Phi) is 6.01. The van der Waals surface area contributed by atoms with E-state index >= 15 is 0 Å². The standard InChI is InChI=1S/C27H22FN3O5S/c1-34-22-12-9-17(13-23(22)35-2)24-20(14-29)27(30)36-25-19-5-3-4-6-21(19)31(37(32,33)26(24)25)15-16-7-10-18(28)11-8-16/h3-13,24H,15,30H2,1-2H3/t24-/m1/s1. The summed E-state index contributed by atoms with van der Waals surface area (Å²) in [6.07, 6.45) is 0. The summed E-state index contributed by atoms with van der Waals surface area (Å²) < 4.78 is 59.9. The molecule has 2 aliphatic rings. The Morgan fingerprint density at radius 1 is 1.05 bits per heavy atom. The number of anilines is 1. The van der Waals surface area contributed by atoms with Crippen LogP contribution in [0.3, 0.4) is 0 Å². The zero-order valence-corrected chi connectivity index (χ0v) is 20.8. The number of methoxy groups -OCH3 is 2. The monoisotopic (exact) mass is 519 g/mol. The highest BCUT2D eigenvalue weighted by Gasteiger charge is 2.47. The van der Waals surface area contributed by atoms with E-state index in [1.165, 1.54) is 42.8 Å². The number of nitrogens with zero attached hydrogens (tertiary/aromatic N) is 2. The van der Waals surface area contributed by atoms with Crippen LogP contribution in [0.1, 0.15) is 22.6 Å². The molecule has 0 unspecified atom stereocenters. The summed E-state index contributed by atoms with van der Waals surface area (Å²) in [5.41, 5.74) is 8.04. The predicted octanol–water partition coefficient (Wildman–Crippen LogP) is 4.37. The number of halogens is 1. The fourth-order valence-corrected chi connectivity index (χ4v) is 6.51. The van der Waals surface area contributed by atoms with Gasteiger partial charge >= 0.3 is 0 Å². The first-order chi connectivity index (χ1) is 17.8. The van der Waals surface area contributed by atoms with Gasteiger partial charge in [-0.15, -0.1) is 0 Å². The van der Waals surface area contributed by atoms with Crippen LogP contribution in [0.5, 0.6) is 11.5 Å². The van der Waals surface area contributed by atoms with Crippen molar-refractivity contribution in [3.8, 4) is 17.6 Å². The molecular weight excluding hydrogens is 497 g/mol. The highest BCUT2D eigenvalue weighted by atomic mass is 32.2. The van der Waals surface area contributed by atoms with E-state index in [1.807, 2.05) is 6.07 Å². The molecule has 1 atom stereocenters. The third kappa shape index (κ3) is 3.93. The first-order valence-electron chi connectivity index (χ1n) is 11.2. The van der Waals surface area contributed by atoms with Crippen LogP contribution in [0.25, 0.3) is 5.76 Å². The van der Waals surface area contributed by atoms with Crippen molar-refractivity contribution < 1.29 is 27.0 Å². The average Bonchev–Trinajstić information content (AvgIpc) is 2.91. The number of ether oxygens (including phenoxy) is 3. The van der Waals surface area contributed by atoms with Crippen LogP contribution in [0.4, 0.5) is 10.1 Å². The van der Waals surface area contributed by atoms with Crippen LogP contribution in [-0.4, -0.2) is 22.6 Å². The largest absolute Gasteiger partial charge is 0.493 e. The number of rotatable bonds is 5. The molecule has 8 nitrogen and oxygen atoms in total. The van der Waals surface area contributed by atoms with Gasteiger partial charge in [0.25, 0.3) is 10.0 Å². The van der Waals surface area contributed by atoms with E-state index in [0.29, 0.717) is 33.9 Å². The van der Waals surface area contributed by atoms with E-state index in [2.05, 4.69) is 0 Å². The number of sulfonamides is 1. The first kappa shape index (κ1) is 24.2. The van der Waals surface area contributed by atoms with Gasteiger partial charge in [0.15, 0.2) is 17.3 Å². The molecule has 0 saturated carbocycles. The predicted molar refractivity (Wildman–Crippen MR) is 135 cm³/mol. The lowest BCUT2D eigenvalue weighted by atomic mass is 9.88. The van der Waals surface area contributed by atoms with Crippen LogP contribution < -0.4 is 19.5 Å². The molecule has 0 bridgehead atoms. The molecule has 0 saturated heterocycles. The van der Waals surface area contributed by atoms with Crippen molar-refractivity contribution in [2.24, 2.45) is 5.73 Å². The second-order valence-electron chi connectivity index (χ2n) is 8.39. The molecule has 2 N–H and O–H groups in total. The van der Waals surface area contributed by atoms with E-state index in [9.17, 15) is 18.1 Å². The van der Waals surface area contributed by atoms with Crippen molar-refractivity contribution in [3.05, 3.63) is 106 Å². The summed E-state index contributed by atoms with van der Waals surface area (Å²) >= 11 is 0. The first-order valence-corrected chi connectivity index (χ1v) is 12.6. The minimum atomic E-state index is -4.26. The summed E-state index contributed by atoms with van der Waals surface area (Å²) in [6, 6.07) is 19.4. The van der Waals surface area contributed by atoms with E-state index in [-0.39, 0.29) is 28.7 Å². The smallest absolute Gasteiger partial charge is 0.265 e. The van der Waals surface area contributed by atoms with Crippen LogP contribution >= 0.6 is 0 Å². The zero-order chi connectivity index (χ0) is 26.3. The normalized spacial score (nSPS) is 17.9. The van der Waals surface area contributed by atoms with Crippen LogP contribution in [0.2, 0.25) is 0 Å². The van der Waals surface area contributed by atoms with Crippen molar-refractivity contribution in [1.82, 2.24) is 0 Å². The molecule has 3 aromatic rings. The van der Waals surface area contributed by atoms with Crippen molar-refractivity contribution >= 4 is 21.5 Å². The zero-order valence-electron chi connectivity index (χ0n) is 19.9. The van der Waals surface area contributed by atoms with Gasteiger partial charge < -0.3 is 19.9 Å². The SMILES string of the molecule is COc1ccc([C@@H]2C(C#N)=C(N)OC3=C2S(=O)(=O)N(Cc2ccc(F)cc2)c2ccccc23)cc1OC. The van der Waals surface area contributed by atoms with Crippen molar-refractivity contribution in [2.75, 3.05) is 18.5 Å². The molecular formula is C27H22FN3O5S. The maximum atomic E-state index is 14.3. The van der Waals surface area contributed by atoms with Gasteiger partial charge in [0.1, 0.15) is 22.4 Å². The molecule has 0 radical (unpaired) electrons. The molecule has 10 heteroatoms. The summed E-state index contributed by atoms with van der Waals surface area (Å²) in [5.74, 6) is -0.814. The Bertz CT molecular complexity index is 1610. The molecule has 0 spiro atoms. The number of para-hydroxylation sites is 1. The third-order valence-corrected chi connectivity index (χ3v) is 8.22. The maximum Gasteiger partial charge on any atom is 0.265 e. The number of fused-ring (bicyclic) bond motifs is 2. The molecule has 0 aliphatic carbocycles. The van der Waals surface area contributed by atoms with Crippen LogP contribution in [0.15, 0.2) is 83.1 Å². The van der Waals surface area contributed by atoms with Crippen molar-refractivity contribution in [1.29, 1.82) is 5.26 Å². The Balaban J connectivity index is 1.75.